The van der Waals surface area contributed by atoms with Gasteiger partial charge in [-0.1, -0.05) is 13.8 Å². The molecule has 0 N–H and O–H groups in total. The second kappa shape index (κ2) is 3.17. The Labute approximate surface area is 83.3 Å². The molecule has 0 spiro atoms. The second-order valence-corrected chi connectivity index (χ2v) is 4.72. The Morgan fingerprint density at radius 1 is 1.29 bits per heavy atom. The van der Waals surface area contributed by atoms with Crippen molar-refractivity contribution in [3.8, 4) is 0 Å². The highest BCUT2D eigenvalue weighted by Crippen LogP contribution is 2.56. The monoisotopic (exact) mass is 205 g/mol. The molecule has 0 aromatic carbocycles. The van der Waals surface area contributed by atoms with Crippen molar-refractivity contribution in [2.45, 2.75) is 32.6 Å². The number of carbonyl (C=O) groups is 1. The van der Waals surface area contributed by atoms with Crippen LogP contribution in [0.2, 0.25) is 0 Å². The van der Waals surface area contributed by atoms with Crippen molar-refractivity contribution in [2.75, 3.05) is 14.1 Å². The largest absolute Gasteiger partial charge is 0.348 e. The van der Waals surface area contributed by atoms with Crippen LogP contribution in [0.25, 0.3) is 0 Å². The number of hydrogen-bond donors (Lipinski definition) is 0. The normalized spacial score (nSPS) is 23.1. The molecule has 0 aromatic rings. The minimum absolute atomic E-state index is 0.0305. The third-order valence-electron chi connectivity index (χ3n) is 3.09. The summed E-state index contributed by atoms with van der Waals surface area (Å²) in [6, 6.07) is 0. The van der Waals surface area contributed by atoms with Crippen LogP contribution in [0.4, 0.5) is 8.78 Å². The molecule has 0 aromatic heterocycles. The first kappa shape index (κ1) is 11.4. The lowest BCUT2D eigenvalue weighted by atomic mass is 9.59. The molecule has 0 saturated heterocycles. The highest BCUT2D eigenvalue weighted by molar-refractivity contribution is 5.84. The molecule has 82 valence electrons. The highest BCUT2D eigenvalue weighted by atomic mass is 19.3. The summed E-state index contributed by atoms with van der Waals surface area (Å²) in [7, 11) is 3.23. The molecule has 0 aliphatic heterocycles. The van der Waals surface area contributed by atoms with Crippen LogP contribution in [0.1, 0.15) is 26.7 Å². The van der Waals surface area contributed by atoms with Gasteiger partial charge in [-0.05, 0) is 5.92 Å². The van der Waals surface area contributed by atoms with Gasteiger partial charge >= 0.3 is 0 Å². The number of hydrogen-bond acceptors (Lipinski definition) is 1. The molecular formula is C10H17F2NO. The lowest BCUT2D eigenvalue weighted by Crippen LogP contribution is -2.57. The molecule has 1 aliphatic rings. The van der Waals surface area contributed by atoms with Crippen molar-refractivity contribution < 1.29 is 13.6 Å². The molecule has 0 bridgehead atoms. The maximum absolute atomic E-state index is 12.8. The van der Waals surface area contributed by atoms with Crippen molar-refractivity contribution in [1.29, 1.82) is 0 Å². The summed E-state index contributed by atoms with van der Waals surface area (Å²) in [5.74, 6) is -2.84. The zero-order valence-corrected chi connectivity index (χ0v) is 9.10. The number of halogens is 2. The standard InChI is InChI=1S/C10H17F2NO/c1-7(2)9(8(14)13(3)4)5-10(11,12)6-9/h7H,5-6H2,1-4H3. The van der Waals surface area contributed by atoms with Crippen LogP contribution < -0.4 is 0 Å². The maximum atomic E-state index is 12.8. The van der Waals surface area contributed by atoms with Gasteiger partial charge in [-0.3, -0.25) is 4.79 Å². The van der Waals surface area contributed by atoms with Gasteiger partial charge in [-0.25, -0.2) is 8.78 Å². The van der Waals surface area contributed by atoms with Crippen molar-refractivity contribution in [2.24, 2.45) is 11.3 Å². The fourth-order valence-corrected chi connectivity index (χ4v) is 2.12. The quantitative estimate of drug-likeness (QED) is 0.676. The van der Waals surface area contributed by atoms with E-state index in [0.717, 1.165) is 0 Å². The fourth-order valence-electron chi connectivity index (χ4n) is 2.12. The van der Waals surface area contributed by atoms with Crippen LogP contribution in [0.3, 0.4) is 0 Å². The van der Waals surface area contributed by atoms with Gasteiger partial charge in [0.1, 0.15) is 0 Å². The summed E-state index contributed by atoms with van der Waals surface area (Å²) >= 11 is 0. The van der Waals surface area contributed by atoms with Crippen molar-refractivity contribution >= 4 is 5.91 Å². The Kier molecular flexibility index (Phi) is 2.59. The number of rotatable bonds is 2. The summed E-state index contributed by atoms with van der Waals surface area (Å²) in [6.45, 7) is 3.66. The summed E-state index contributed by atoms with van der Waals surface area (Å²) in [4.78, 5) is 13.2. The van der Waals surface area contributed by atoms with Crippen LogP contribution in [-0.4, -0.2) is 30.8 Å². The van der Waals surface area contributed by atoms with Gasteiger partial charge in [-0.2, -0.15) is 0 Å². The predicted octanol–water partition coefficient (Wildman–Crippen LogP) is 2.15. The topological polar surface area (TPSA) is 20.3 Å². The first-order valence-corrected chi connectivity index (χ1v) is 4.81. The molecule has 1 aliphatic carbocycles. The van der Waals surface area contributed by atoms with Gasteiger partial charge in [-0.15, -0.1) is 0 Å². The number of nitrogens with zero attached hydrogens (tertiary/aromatic N) is 1. The van der Waals surface area contributed by atoms with Crippen LogP contribution in [-0.2, 0) is 4.79 Å². The second-order valence-electron chi connectivity index (χ2n) is 4.72. The molecule has 0 radical (unpaired) electrons. The minimum Gasteiger partial charge on any atom is -0.348 e. The van der Waals surface area contributed by atoms with Crippen molar-refractivity contribution in [1.82, 2.24) is 4.90 Å². The summed E-state index contributed by atoms with van der Waals surface area (Å²) < 4.78 is 25.7. The summed E-state index contributed by atoms with van der Waals surface area (Å²) in [5, 5.41) is 0. The smallest absolute Gasteiger partial charge is 0.250 e. The van der Waals surface area contributed by atoms with E-state index in [4.69, 9.17) is 0 Å². The molecule has 0 atom stereocenters. The zero-order chi connectivity index (χ0) is 11.1. The Morgan fingerprint density at radius 2 is 1.71 bits per heavy atom. The Bertz CT molecular complexity index is 241. The SMILES string of the molecule is CC(C)C1(C(=O)N(C)C)CC(F)(F)C1. The lowest BCUT2D eigenvalue weighted by Gasteiger charge is -2.49. The van der Waals surface area contributed by atoms with Crippen LogP contribution in [0, 0.1) is 11.3 Å². The van der Waals surface area contributed by atoms with Crippen LogP contribution in [0.5, 0.6) is 0 Å². The number of amides is 1. The van der Waals surface area contributed by atoms with E-state index in [-0.39, 0.29) is 24.7 Å². The third-order valence-corrected chi connectivity index (χ3v) is 3.09. The molecule has 2 nitrogen and oxygen atoms in total. The fraction of sp³-hybridized carbons (Fsp3) is 0.900. The molecule has 1 saturated carbocycles. The molecule has 0 heterocycles. The van der Waals surface area contributed by atoms with E-state index in [1.807, 2.05) is 13.8 Å². The van der Waals surface area contributed by atoms with E-state index in [9.17, 15) is 13.6 Å². The minimum atomic E-state index is -2.64. The van der Waals surface area contributed by atoms with Crippen LogP contribution in [0.15, 0.2) is 0 Å². The van der Waals surface area contributed by atoms with E-state index in [0.29, 0.717) is 0 Å². The van der Waals surface area contributed by atoms with E-state index in [1.54, 1.807) is 14.1 Å². The molecule has 1 amide bonds. The number of carbonyl (C=O) groups excluding carboxylic acids is 1. The van der Waals surface area contributed by atoms with Crippen molar-refractivity contribution in [3.63, 3.8) is 0 Å². The zero-order valence-electron chi connectivity index (χ0n) is 9.10. The maximum Gasteiger partial charge on any atom is 0.250 e. The molecule has 14 heavy (non-hydrogen) atoms. The summed E-state index contributed by atoms with van der Waals surface area (Å²) in [5.41, 5.74) is -0.826. The predicted molar refractivity (Wildman–Crippen MR) is 50.1 cm³/mol. The number of alkyl halides is 2. The van der Waals surface area contributed by atoms with E-state index >= 15 is 0 Å². The molecule has 0 unspecified atom stereocenters. The average Bonchev–Trinajstić information content (AvgIpc) is 1.97. The van der Waals surface area contributed by atoms with Gasteiger partial charge in [0.05, 0.1) is 5.41 Å². The first-order chi connectivity index (χ1) is 6.21. The lowest BCUT2D eigenvalue weighted by molar-refractivity contribution is -0.196. The first-order valence-electron chi connectivity index (χ1n) is 4.81. The van der Waals surface area contributed by atoms with Gasteiger partial charge in [0, 0.05) is 26.9 Å². The summed E-state index contributed by atoms with van der Waals surface area (Å²) in [6.07, 6.45) is -0.594. The van der Waals surface area contributed by atoms with Gasteiger partial charge in [0.15, 0.2) is 0 Å². The molecule has 1 rings (SSSR count). The van der Waals surface area contributed by atoms with E-state index in [2.05, 4.69) is 0 Å². The Morgan fingerprint density at radius 3 is 1.93 bits per heavy atom. The average molecular weight is 205 g/mol. The molecular weight excluding hydrogens is 188 g/mol. The molecule has 4 heteroatoms. The van der Waals surface area contributed by atoms with Gasteiger partial charge in [0.25, 0.3) is 0 Å². The molecule has 1 fully saturated rings. The third kappa shape index (κ3) is 1.62. The van der Waals surface area contributed by atoms with Gasteiger partial charge in [0.2, 0.25) is 11.8 Å². The van der Waals surface area contributed by atoms with E-state index < -0.39 is 11.3 Å². The Hall–Kier alpha value is -0.670. The highest BCUT2D eigenvalue weighted by Gasteiger charge is 2.62. The van der Waals surface area contributed by atoms with Gasteiger partial charge < -0.3 is 4.90 Å². The van der Waals surface area contributed by atoms with Crippen LogP contribution >= 0.6 is 0 Å². The Balaban J connectivity index is 2.83. The van der Waals surface area contributed by atoms with E-state index in [1.165, 1.54) is 4.90 Å². The van der Waals surface area contributed by atoms with Crippen molar-refractivity contribution in [3.05, 3.63) is 0 Å².